The van der Waals surface area contributed by atoms with Crippen LogP contribution in [0, 0.1) is 0 Å². The minimum Gasteiger partial charge on any atom is -0.387 e. The highest BCUT2D eigenvalue weighted by atomic mass is 32.2. The molecule has 0 fully saturated rings. The van der Waals surface area contributed by atoms with Crippen LogP contribution in [0.5, 0.6) is 0 Å². The fourth-order valence-electron chi connectivity index (χ4n) is 1.38. The van der Waals surface area contributed by atoms with Crippen LogP contribution in [0.1, 0.15) is 6.92 Å². The van der Waals surface area contributed by atoms with Crippen molar-refractivity contribution in [2.45, 2.75) is 11.8 Å². The summed E-state index contributed by atoms with van der Waals surface area (Å²) in [7, 11) is -1.79. The van der Waals surface area contributed by atoms with Crippen molar-refractivity contribution >= 4 is 15.7 Å². The maximum absolute atomic E-state index is 12.0. The number of hydrogen-bond acceptors (Lipinski definition) is 4. The lowest BCUT2D eigenvalue weighted by molar-refractivity contribution is 0.153. The van der Waals surface area contributed by atoms with Gasteiger partial charge in [-0.1, -0.05) is 12.1 Å². The van der Waals surface area contributed by atoms with E-state index in [-0.39, 0.29) is 11.4 Å². The molecule has 0 aliphatic rings. The monoisotopic (exact) mass is 258 g/mol. The molecule has 0 amide bonds. The van der Waals surface area contributed by atoms with Gasteiger partial charge in [-0.2, -0.15) is 0 Å². The average molecular weight is 258 g/mol. The normalized spacial score (nSPS) is 11.4. The third-order valence-electron chi connectivity index (χ3n) is 2.19. The summed E-state index contributed by atoms with van der Waals surface area (Å²) in [6.45, 7) is 3.09. The van der Waals surface area contributed by atoms with Crippen molar-refractivity contribution in [1.29, 1.82) is 0 Å². The Bertz CT molecular complexity index is 446. The van der Waals surface area contributed by atoms with E-state index >= 15 is 0 Å². The summed E-state index contributed by atoms with van der Waals surface area (Å²) < 4.78 is 31.5. The van der Waals surface area contributed by atoms with Gasteiger partial charge in [0.15, 0.2) is 0 Å². The molecule has 0 aliphatic carbocycles. The van der Waals surface area contributed by atoms with E-state index in [1.54, 1.807) is 31.3 Å². The van der Waals surface area contributed by atoms with E-state index < -0.39 is 10.0 Å². The van der Waals surface area contributed by atoms with E-state index in [0.717, 1.165) is 0 Å². The Labute approximate surface area is 102 Å². The quantitative estimate of drug-likeness (QED) is 0.717. The fraction of sp³-hybridized carbons (Fsp3) is 0.455. The smallest absolute Gasteiger partial charge is 0.242 e. The van der Waals surface area contributed by atoms with Gasteiger partial charge in [0.25, 0.3) is 0 Å². The van der Waals surface area contributed by atoms with Crippen molar-refractivity contribution in [1.82, 2.24) is 4.72 Å². The molecule has 0 saturated carbocycles. The highest BCUT2D eigenvalue weighted by Crippen LogP contribution is 2.19. The molecular weight excluding hydrogens is 240 g/mol. The number of ether oxygens (including phenoxy) is 1. The minimum absolute atomic E-state index is 0.249. The van der Waals surface area contributed by atoms with Gasteiger partial charge in [0.05, 0.1) is 12.3 Å². The Balaban J connectivity index is 2.75. The highest BCUT2D eigenvalue weighted by Gasteiger charge is 2.16. The Morgan fingerprint density at radius 3 is 2.65 bits per heavy atom. The Morgan fingerprint density at radius 2 is 2.00 bits per heavy atom. The number of benzene rings is 1. The standard InChI is InChI=1S/C11H18N2O3S/c1-3-16-9-8-13-17(14,15)11-7-5-4-6-10(11)12-2/h4-7,12-13H,3,8-9H2,1-2H3. The number of rotatable bonds is 7. The summed E-state index contributed by atoms with van der Waals surface area (Å²) in [5.74, 6) is 0. The number of hydrogen-bond donors (Lipinski definition) is 2. The fourth-order valence-corrected chi connectivity index (χ4v) is 2.60. The third kappa shape index (κ3) is 3.99. The molecule has 5 nitrogen and oxygen atoms in total. The lowest BCUT2D eigenvalue weighted by atomic mass is 10.3. The largest absolute Gasteiger partial charge is 0.387 e. The SMILES string of the molecule is CCOCCNS(=O)(=O)c1ccccc1NC. The van der Waals surface area contributed by atoms with Crippen LogP contribution in [0.15, 0.2) is 29.2 Å². The van der Waals surface area contributed by atoms with Gasteiger partial charge in [-0.15, -0.1) is 0 Å². The van der Waals surface area contributed by atoms with Crippen molar-refractivity contribution in [3.63, 3.8) is 0 Å². The second-order valence-electron chi connectivity index (χ2n) is 3.34. The van der Waals surface area contributed by atoms with Crippen molar-refractivity contribution in [2.75, 3.05) is 32.1 Å². The lowest BCUT2D eigenvalue weighted by Crippen LogP contribution is -2.28. The van der Waals surface area contributed by atoms with E-state index in [1.165, 1.54) is 0 Å². The topological polar surface area (TPSA) is 67.4 Å². The molecule has 1 rings (SSSR count). The molecule has 2 N–H and O–H groups in total. The van der Waals surface area contributed by atoms with Gasteiger partial charge in [-0.25, -0.2) is 13.1 Å². The summed E-state index contributed by atoms with van der Waals surface area (Å²) in [5, 5.41) is 2.85. The number of sulfonamides is 1. The van der Waals surface area contributed by atoms with E-state index in [2.05, 4.69) is 10.0 Å². The van der Waals surface area contributed by atoms with E-state index in [9.17, 15) is 8.42 Å². The van der Waals surface area contributed by atoms with Crippen LogP contribution in [-0.4, -0.2) is 35.2 Å². The predicted octanol–water partition coefficient (Wildman–Crippen LogP) is 1.04. The number of anilines is 1. The van der Waals surface area contributed by atoms with Crippen LogP contribution >= 0.6 is 0 Å². The molecule has 0 atom stereocenters. The highest BCUT2D eigenvalue weighted by molar-refractivity contribution is 7.89. The van der Waals surface area contributed by atoms with Crippen molar-refractivity contribution < 1.29 is 13.2 Å². The molecule has 0 saturated heterocycles. The molecule has 0 aromatic heterocycles. The Kier molecular flexibility index (Phi) is 5.40. The summed E-state index contributed by atoms with van der Waals surface area (Å²) in [5.41, 5.74) is 0.580. The molecule has 0 aliphatic heterocycles. The van der Waals surface area contributed by atoms with E-state index in [1.807, 2.05) is 6.92 Å². The van der Waals surface area contributed by atoms with Crippen LogP contribution < -0.4 is 10.0 Å². The first-order valence-corrected chi connectivity index (χ1v) is 6.94. The molecule has 0 heterocycles. The molecule has 1 aromatic carbocycles. The molecular formula is C11H18N2O3S. The van der Waals surface area contributed by atoms with Gasteiger partial charge in [-0.3, -0.25) is 0 Å². The molecule has 1 aromatic rings. The summed E-state index contributed by atoms with van der Waals surface area (Å²) >= 11 is 0. The zero-order valence-corrected chi connectivity index (χ0v) is 10.9. The summed E-state index contributed by atoms with van der Waals surface area (Å²) in [6.07, 6.45) is 0. The van der Waals surface area contributed by atoms with Gasteiger partial charge in [0, 0.05) is 20.2 Å². The van der Waals surface area contributed by atoms with Gasteiger partial charge in [0.2, 0.25) is 10.0 Å². The Hall–Kier alpha value is -1.11. The van der Waals surface area contributed by atoms with Crippen LogP contribution in [0.3, 0.4) is 0 Å². The van der Waals surface area contributed by atoms with Crippen LogP contribution in [-0.2, 0) is 14.8 Å². The van der Waals surface area contributed by atoms with Crippen molar-refractivity contribution in [2.24, 2.45) is 0 Å². The van der Waals surface area contributed by atoms with Crippen LogP contribution in [0.2, 0.25) is 0 Å². The molecule has 0 unspecified atom stereocenters. The number of nitrogens with one attached hydrogen (secondary N) is 2. The van der Waals surface area contributed by atoms with Gasteiger partial charge < -0.3 is 10.1 Å². The molecule has 0 bridgehead atoms. The average Bonchev–Trinajstić information content (AvgIpc) is 2.34. The zero-order valence-electron chi connectivity index (χ0n) is 10.1. The van der Waals surface area contributed by atoms with E-state index in [4.69, 9.17) is 4.74 Å². The first kappa shape index (κ1) is 14.0. The molecule has 0 spiro atoms. The molecule has 6 heteroatoms. The Morgan fingerprint density at radius 1 is 1.29 bits per heavy atom. The number of para-hydroxylation sites is 1. The second-order valence-corrected chi connectivity index (χ2v) is 5.08. The minimum atomic E-state index is -3.48. The molecule has 17 heavy (non-hydrogen) atoms. The molecule has 0 radical (unpaired) electrons. The van der Waals surface area contributed by atoms with Crippen molar-refractivity contribution in [3.05, 3.63) is 24.3 Å². The van der Waals surface area contributed by atoms with Gasteiger partial charge in [-0.05, 0) is 19.1 Å². The third-order valence-corrected chi connectivity index (χ3v) is 3.71. The van der Waals surface area contributed by atoms with Gasteiger partial charge in [0.1, 0.15) is 4.90 Å². The molecule has 96 valence electrons. The van der Waals surface area contributed by atoms with E-state index in [0.29, 0.717) is 18.9 Å². The van der Waals surface area contributed by atoms with Gasteiger partial charge >= 0.3 is 0 Å². The first-order chi connectivity index (χ1) is 8.11. The van der Waals surface area contributed by atoms with Crippen LogP contribution in [0.25, 0.3) is 0 Å². The zero-order chi connectivity index (χ0) is 12.7. The maximum atomic E-state index is 12.0. The second kappa shape index (κ2) is 6.58. The lowest BCUT2D eigenvalue weighted by Gasteiger charge is -2.10. The van der Waals surface area contributed by atoms with Crippen molar-refractivity contribution in [3.8, 4) is 0 Å². The summed E-state index contributed by atoms with van der Waals surface area (Å²) in [6, 6.07) is 6.76. The van der Waals surface area contributed by atoms with Crippen LogP contribution in [0.4, 0.5) is 5.69 Å². The summed E-state index contributed by atoms with van der Waals surface area (Å²) in [4.78, 5) is 0.249. The predicted molar refractivity (Wildman–Crippen MR) is 67.7 cm³/mol. The maximum Gasteiger partial charge on any atom is 0.242 e. The first-order valence-electron chi connectivity index (χ1n) is 5.46.